The van der Waals surface area contributed by atoms with Gasteiger partial charge in [-0.3, -0.25) is 10.1 Å². The molecular formula is C24H22F3N5O4. The van der Waals surface area contributed by atoms with Crippen LogP contribution in [0.4, 0.5) is 29.5 Å². The molecule has 4 rings (SSSR count). The van der Waals surface area contributed by atoms with Crippen molar-refractivity contribution in [1.29, 1.82) is 0 Å². The minimum absolute atomic E-state index is 0.0117. The summed E-state index contributed by atoms with van der Waals surface area (Å²) >= 11 is 0. The molecule has 9 nitrogen and oxygen atoms in total. The Kier molecular flexibility index (Phi) is 7.23. The van der Waals surface area contributed by atoms with Crippen LogP contribution in [0.15, 0.2) is 60.7 Å². The molecule has 12 heteroatoms. The lowest BCUT2D eigenvalue weighted by molar-refractivity contribution is -0.138. The van der Waals surface area contributed by atoms with Crippen LogP contribution in [0.2, 0.25) is 0 Å². The van der Waals surface area contributed by atoms with E-state index in [-0.39, 0.29) is 24.5 Å². The number of alkyl halides is 3. The predicted octanol–water partition coefficient (Wildman–Crippen LogP) is 4.08. The molecule has 0 atom stereocenters. The molecule has 188 valence electrons. The van der Waals surface area contributed by atoms with E-state index in [0.717, 1.165) is 6.07 Å². The van der Waals surface area contributed by atoms with Crippen LogP contribution >= 0.6 is 0 Å². The molecule has 1 N–H and O–H groups in total. The summed E-state index contributed by atoms with van der Waals surface area (Å²) in [7, 11) is 1.54. The number of ether oxygens (including phenoxy) is 2. The number of carbonyl (C=O) groups is 2. The van der Waals surface area contributed by atoms with Crippen LogP contribution in [-0.2, 0) is 6.18 Å². The summed E-state index contributed by atoms with van der Waals surface area (Å²) in [5, 5.41) is 10.5. The Morgan fingerprint density at radius 1 is 0.917 bits per heavy atom. The van der Waals surface area contributed by atoms with Gasteiger partial charge in [0, 0.05) is 37.9 Å². The number of carbonyl (C=O) groups excluding carboxylic acids is 2. The topological polar surface area (TPSA) is 96.9 Å². The van der Waals surface area contributed by atoms with E-state index in [9.17, 15) is 22.8 Å². The van der Waals surface area contributed by atoms with Crippen LogP contribution in [0.25, 0.3) is 0 Å². The van der Waals surface area contributed by atoms with Gasteiger partial charge in [0.2, 0.25) is 5.88 Å². The van der Waals surface area contributed by atoms with Crippen molar-refractivity contribution in [2.75, 3.05) is 43.5 Å². The van der Waals surface area contributed by atoms with Crippen LogP contribution in [0.3, 0.4) is 0 Å². The van der Waals surface area contributed by atoms with Crippen molar-refractivity contribution in [3.63, 3.8) is 0 Å². The van der Waals surface area contributed by atoms with Crippen LogP contribution in [-0.4, -0.2) is 60.4 Å². The maximum Gasteiger partial charge on any atom is 0.418 e. The number of halogens is 3. The minimum Gasteiger partial charge on any atom is -0.497 e. The lowest BCUT2D eigenvalue weighted by atomic mass is 10.1. The zero-order valence-electron chi connectivity index (χ0n) is 19.2. The van der Waals surface area contributed by atoms with Gasteiger partial charge in [-0.1, -0.05) is 12.1 Å². The first-order valence-corrected chi connectivity index (χ1v) is 10.9. The van der Waals surface area contributed by atoms with Gasteiger partial charge in [-0.15, -0.1) is 10.2 Å². The van der Waals surface area contributed by atoms with Gasteiger partial charge >= 0.3 is 12.3 Å². The van der Waals surface area contributed by atoms with E-state index >= 15 is 0 Å². The number of aromatic nitrogens is 2. The third kappa shape index (κ3) is 5.82. The molecule has 2 amide bonds. The molecule has 3 aromatic rings. The normalized spacial score (nSPS) is 13.8. The summed E-state index contributed by atoms with van der Waals surface area (Å²) < 4.78 is 50.0. The van der Waals surface area contributed by atoms with Gasteiger partial charge < -0.3 is 19.3 Å². The van der Waals surface area contributed by atoms with Gasteiger partial charge in [0.05, 0.1) is 18.2 Å². The second-order valence-electron chi connectivity index (χ2n) is 7.80. The molecule has 0 spiro atoms. The van der Waals surface area contributed by atoms with Gasteiger partial charge in [0.1, 0.15) is 5.75 Å². The van der Waals surface area contributed by atoms with Crippen molar-refractivity contribution >= 4 is 23.5 Å². The fourth-order valence-electron chi connectivity index (χ4n) is 3.67. The molecular weight excluding hydrogens is 479 g/mol. The largest absolute Gasteiger partial charge is 0.497 e. The molecule has 0 saturated carbocycles. The van der Waals surface area contributed by atoms with Crippen LogP contribution in [0.5, 0.6) is 11.6 Å². The van der Waals surface area contributed by atoms with Crippen molar-refractivity contribution in [2.24, 2.45) is 0 Å². The van der Waals surface area contributed by atoms with E-state index in [4.69, 9.17) is 9.47 Å². The first kappa shape index (κ1) is 24.8. The molecule has 0 aliphatic carbocycles. The second-order valence-corrected chi connectivity index (χ2v) is 7.80. The van der Waals surface area contributed by atoms with Crippen molar-refractivity contribution in [2.45, 2.75) is 6.18 Å². The third-order valence-corrected chi connectivity index (χ3v) is 5.51. The molecule has 0 unspecified atom stereocenters. The molecule has 1 saturated heterocycles. The molecule has 1 aromatic heterocycles. The average molecular weight is 501 g/mol. The van der Waals surface area contributed by atoms with Crippen molar-refractivity contribution in [3.05, 3.63) is 71.8 Å². The Hall–Kier alpha value is -4.35. The maximum atomic E-state index is 13.3. The fraction of sp³-hybridized carbons (Fsp3) is 0.250. The van der Waals surface area contributed by atoms with Crippen LogP contribution in [0.1, 0.15) is 15.9 Å². The van der Waals surface area contributed by atoms with Gasteiger partial charge in [0.25, 0.3) is 5.91 Å². The highest BCUT2D eigenvalue weighted by molar-refractivity contribution is 5.96. The van der Waals surface area contributed by atoms with Gasteiger partial charge in [0.15, 0.2) is 5.82 Å². The maximum absolute atomic E-state index is 13.3. The summed E-state index contributed by atoms with van der Waals surface area (Å²) in [4.78, 5) is 28.0. The molecule has 1 aliphatic heterocycles. The zero-order chi connectivity index (χ0) is 25.7. The number of rotatable bonds is 5. The summed E-state index contributed by atoms with van der Waals surface area (Å²) in [6.07, 6.45) is -5.35. The third-order valence-electron chi connectivity index (χ3n) is 5.51. The number of benzene rings is 2. The molecule has 2 aromatic carbocycles. The minimum atomic E-state index is -4.61. The number of amides is 2. The monoisotopic (exact) mass is 501 g/mol. The summed E-state index contributed by atoms with van der Waals surface area (Å²) in [5.41, 5.74) is -0.807. The second kappa shape index (κ2) is 10.5. The van der Waals surface area contributed by atoms with E-state index in [1.165, 1.54) is 36.3 Å². The van der Waals surface area contributed by atoms with Gasteiger partial charge in [-0.05, 0) is 42.5 Å². The van der Waals surface area contributed by atoms with E-state index < -0.39 is 23.7 Å². The van der Waals surface area contributed by atoms with Crippen molar-refractivity contribution < 1.29 is 32.2 Å². The van der Waals surface area contributed by atoms with Gasteiger partial charge in [-0.25, -0.2) is 4.79 Å². The molecule has 36 heavy (non-hydrogen) atoms. The fourth-order valence-corrected chi connectivity index (χ4v) is 3.67. The zero-order valence-corrected chi connectivity index (χ0v) is 19.2. The van der Waals surface area contributed by atoms with Gasteiger partial charge in [-0.2, -0.15) is 13.2 Å². The smallest absolute Gasteiger partial charge is 0.418 e. The standard InChI is InChI=1S/C24H22F3N5O4/c1-35-17-8-6-16(7-9-17)28-23(34)36-21-11-10-20(29-30-21)31-12-14-32(15-13-31)22(33)18-4-2-3-5-19(18)24(25,26)27/h2-11H,12-15H2,1H3,(H,28,34). The quantitative estimate of drug-likeness (QED) is 0.563. The van der Waals surface area contributed by atoms with E-state index in [1.54, 1.807) is 30.3 Å². The first-order chi connectivity index (χ1) is 17.2. The summed E-state index contributed by atoms with van der Waals surface area (Å²) in [5.74, 6) is 0.454. The SMILES string of the molecule is COc1ccc(NC(=O)Oc2ccc(N3CCN(C(=O)c4ccccc4C(F)(F)F)CC3)nn2)cc1. The Bertz CT molecular complexity index is 1210. The van der Waals surface area contributed by atoms with E-state index in [2.05, 4.69) is 15.5 Å². The Morgan fingerprint density at radius 3 is 2.22 bits per heavy atom. The number of anilines is 2. The Labute approximate surface area is 204 Å². The lowest BCUT2D eigenvalue weighted by Crippen LogP contribution is -2.49. The molecule has 0 radical (unpaired) electrons. The molecule has 1 aliphatic rings. The predicted molar refractivity (Wildman–Crippen MR) is 124 cm³/mol. The van der Waals surface area contributed by atoms with E-state index in [1.807, 2.05) is 4.90 Å². The summed E-state index contributed by atoms with van der Waals surface area (Å²) in [6, 6.07) is 14.5. The number of methoxy groups -OCH3 is 1. The van der Waals surface area contributed by atoms with Crippen molar-refractivity contribution in [1.82, 2.24) is 15.1 Å². The average Bonchev–Trinajstić information content (AvgIpc) is 2.89. The first-order valence-electron chi connectivity index (χ1n) is 10.9. The van der Waals surface area contributed by atoms with Crippen molar-refractivity contribution in [3.8, 4) is 11.6 Å². The van der Waals surface area contributed by atoms with Crippen LogP contribution in [0, 0.1) is 0 Å². The highest BCUT2D eigenvalue weighted by atomic mass is 19.4. The number of hydrogen-bond acceptors (Lipinski definition) is 7. The molecule has 2 heterocycles. The number of hydrogen-bond donors (Lipinski definition) is 1. The Morgan fingerprint density at radius 2 is 1.61 bits per heavy atom. The van der Waals surface area contributed by atoms with Crippen LogP contribution < -0.4 is 19.7 Å². The highest BCUT2D eigenvalue weighted by Gasteiger charge is 2.36. The number of piperazine rings is 1. The number of nitrogens with zero attached hydrogens (tertiary/aromatic N) is 4. The summed E-state index contributed by atoms with van der Waals surface area (Å²) in [6.45, 7) is 1.14. The Balaban J connectivity index is 1.31. The highest BCUT2D eigenvalue weighted by Crippen LogP contribution is 2.32. The van der Waals surface area contributed by atoms with E-state index in [0.29, 0.717) is 30.3 Å². The molecule has 1 fully saturated rings. The molecule has 0 bridgehead atoms. The lowest BCUT2D eigenvalue weighted by Gasteiger charge is -2.35. The number of nitrogens with one attached hydrogen (secondary N) is 1.